The smallest absolute Gasteiger partial charge is 0.0862 e. The Balaban J connectivity index is 3.02. The van der Waals surface area contributed by atoms with Gasteiger partial charge in [0.15, 0.2) is 0 Å². The van der Waals surface area contributed by atoms with E-state index in [2.05, 4.69) is 6.07 Å². The molecule has 1 atom stereocenters. The van der Waals surface area contributed by atoms with Crippen LogP contribution in [0.5, 0.6) is 0 Å². The average molecular weight is 209 g/mol. The quantitative estimate of drug-likeness (QED) is 0.775. The highest BCUT2D eigenvalue weighted by atomic mass is 16.3. The maximum atomic E-state index is 10.8. The summed E-state index contributed by atoms with van der Waals surface area (Å²) in [5.41, 5.74) is -1.30. The fourth-order valence-electron chi connectivity index (χ4n) is 3.10. The number of nitriles is 1. The normalized spacial score (nSPS) is 24.5. The van der Waals surface area contributed by atoms with E-state index in [4.69, 9.17) is 0 Å². The first kappa shape index (κ1) is 12.5. The fourth-order valence-corrected chi connectivity index (χ4v) is 3.10. The van der Waals surface area contributed by atoms with Crippen molar-refractivity contribution in [2.24, 2.45) is 11.3 Å². The first-order valence-corrected chi connectivity index (χ1v) is 6.16. The Hall–Kier alpha value is -0.550. The van der Waals surface area contributed by atoms with Gasteiger partial charge in [0, 0.05) is 0 Å². The lowest BCUT2D eigenvalue weighted by atomic mass is 9.59. The van der Waals surface area contributed by atoms with Crippen molar-refractivity contribution in [3.8, 4) is 6.07 Å². The van der Waals surface area contributed by atoms with Crippen LogP contribution in [0.3, 0.4) is 0 Å². The summed E-state index contributed by atoms with van der Waals surface area (Å²) in [6, 6.07) is 2.44. The molecule has 0 bridgehead atoms. The molecule has 1 unspecified atom stereocenters. The average Bonchev–Trinajstić information content (AvgIpc) is 2.28. The van der Waals surface area contributed by atoms with Crippen LogP contribution in [0.15, 0.2) is 0 Å². The molecule has 0 saturated heterocycles. The first-order chi connectivity index (χ1) is 7.02. The second-order valence-corrected chi connectivity index (χ2v) is 5.19. The molecule has 0 amide bonds. The monoisotopic (exact) mass is 209 g/mol. The summed E-state index contributed by atoms with van der Waals surface area (Å²) in [5, 5.41) is 20.2. The second kappa shape index (κ2) is 4.53. The van der Waals surface area contributed by atoms with Crippen molar-refractivity contribution in [1.82, 2.24) is 0 Å². The summed E-state index contributed by atoms with van der Waals surface area (Å²) < 4.78 is 0. The second-order valence-electron chi connectivity index (χ2n) is 5.19. The van der Waals surface area contributed by atoms with Crippen LogP contribution in [0.4, 0.5) is 0 Å². The third-order valence-electron chi connectivity index (χ3n) is 4.24. The molecular formula is C13H23NO. The van der Waals surface area contributed by atoms with Gasteiger partial charge in [0.1, 0.15) is 0 Å². The zero-order valence-electron chi connectivity index (χ0n) is 10.2. The van der Waals surface area contributed by atoms with E-state index >= 15 is 0 Å². The molecule has 1 fully saturated rings. The van der Waals surface area contributed by atoms with Crippen molar-refractivity contribution in [1.29, 1.82) is 5.26 Å². The van der Waals surface area contributed by atoms with Gasteiger partial charge in [-0.2, -0.15) is 5.26 Å². The summed E-state index contributed by atoms with van der Waals surface area (Å²) in [7, 11) is 0. The van der Waals surface area contributed by atoms with Crippen LogP contribution in [0.25, 0.3) is 0 Å². The molecular weight excluding hydrogens is 186 g/mol. The highest BCUT2D eigenvalue weighted by Crippen LogP contribution is 2.49. The minimum Gasteiger partial charge on any atom is -0.388 e. The van der Waals surface area contributed by atoms with Crippen molar-refractivity contribution in [2.45, 2.75) is 64.9 Å². The minimum absolute atomic E-state index is 0.153. The molecule has 15 heavy (non-hydrogen) atoms. The predicted octanol–water partition coefficient (Wildman–Crippen LogP) is 3.26. The third-order valence-corrected chi connectivity index (χ3v) is 4.24. The van der Waals surface area contributed by atoms with Crippen molar-refractivity contribution in [2.75, 3.05) is 0 Å². The molecule has 1 aliphatic rings. The van der Waals surface area contributed by atoms with E-state index in [-0.39, 0.29) is 5.92 Å². The molecule has 0 spiro atoms. The molecule has 1 aliphatic carbocycles. The first-order valence-electron chi connectivity index (χ1n) is 6.16. The third kappa shape index (κ3) is 1.90. The molecule has 0 aromatic carbocycles. The lowest BCUT2D eigenvalue weighted by molar-refractivity contribution is -0.109. The number of hydrogen-bond acceptors (Lipinski definition) is 2. The number of hydrogen-bond donors (Lipinski definition) is 1. The van der Waals surface area contributed by atoms with Gasteiger partial charge >= 0.3 is 0 Å². The molecule has 86 valence electrons. The van der Waals surface area contributed by atoms with Gasteiger partial charge in [-0.25, -0.2) is 0 Å². The molecule has 2 heteroatoms. The van der Waals surface area contributed by atoms with Crippen molar-refractivity contribution < 1.29 is 5.11 Å². The van der Waals surface area contributed by atoms with Crippen molar-refractivity contribution in [3.63, 3.8) is 0 Å². The molecule has 0 aromatic rings. The molecule has 1 saturated carbocycles. The van der Waals surface area contributed by atoms with Crippen LogP contribution in [0, 0.1) is 22.7 Å². The van der Waals surface area contributed by atoms with Gasteiger partial charge in [-0.3, -0.25) is 0 Å². The highest BCUT2D eigenvalue weighted by molar-refractivity contribution is 5.13. The molecule has 0 heterocycles. The number of rotatable bonds is 3. The van der Waals surface area contributed by atoms with Crippen LogP contribution < -0.4 is 0 Å². The molecule has 1 N–H and O–H groups in total. The Bertz CT molecular complexity index is 248. The lowest BCUT2D eigenvalue weighted by Crippen LogP contribution is -2.52. The van der Waals surface area contributed by atoms with E-state index in [1.807, 2.05) is 20.8 Å². The Labute approximate surface area is 93.3 Å². The maximum absolute atomic E-state index is 10.8. The number of nitrogens with zero attached hydrogens (tertiary/aromatic N) is 1. The van der Waals surface area contributed by atoms with Crippen molar-refractivity contribution in [3.05, 3.63) is 0 Å². The summed E-state index contributed by atoms with van der Waals surface area (Å²) >= 11 is 0. The molecule has 0 aromatic heterocycles. The highest BCUT2D eigenvalue weighted by Gasteiger charge is 2.51. The van der Waals surface area contributed by atoms with Gasteiger partial charge in [0.05, 0.1) is 17.1 Å². The van der Waals surface area contributed by atoms with E-state index in [1.54, 1.807) is 0 Å². The van der Waals surface area contributed by atoms with E-state index in [0.29, 0.717) is 6.42 Å². The fraction of sp³-hybridized carbons (Fsp3) is 0.923. The zero-order valence-corrected chi connectivity index (χ0v) is 10.2. The number of aliphatic hydroxyl groups is 1. The summed E-state index contributed by atoms with van der Waals surface area (Å²) in [5.74, 6) is 0.153. The molecule has 0 aliphatic heterocycles. The van der Waals surface area contributed by atoms with Crippen LogP contribution in [-0.4, -0.2) is 10.7 Å². The largest absolute Gasteiger partial charge is 0.388 e. The molecule has 1 rings (SSSR count). The topological polar surface area (TPSA) is 44.0 Å². The Kier molecular flexibility index (Phi) is 3.78. The van der Waals surface area contributed by atoms with Gasteiger partial charge in [-0.05, 0) is 25.2 Å². The van der Waals surface area contributed by atoms with Crippen LogP contribution in [-0.2, 0) is 0 Å². The zero-order chi connectivity index (χ0) is 11.5. The van der Waals surface area contributed by atoms with Gasteiger partial charge in [0.2, 0.25) is 0 Å². The predicted molar refractivity (Wildman–Crippen MR) is 61.2 cm³/mol. The van der Waals surface area contributed by atoms with E-state index < -0.39 is 11.0 Å². The van der Waals surface area contributed by atoms with Gasteiger partial charge in [0.25, 0.3) is 0 Å². The van der Waals surface area contributed by atoms with Gasteiger partial charge in [-0.15, -0.1) is 0 Å². The van der Waals surface area contributed by atoms with Crippen molar-refractivity contribution >= 4 is 0 Å². The Morgan fingerprint density at radius 1 is 1.33 bits per heavy atom. The Morgan fingerprint density at radius 2 is 1.87 bits per heavy atom. The van der Waals surface area contributed by atoms with Gasteiger partial charge < -0.3 is 5.11 Å². The summed E-state index contributed by atoms with van der Waals surface area (Å²) in [4.78, 5) is 0. The van der Waals surface area contributed by atoms with E-state index in [1.165, 1.54) is 6.42 Å². The molecule has 0 radical (unpaired) electrons. The SMILES string of the molecule is CCC(O)(C(C)C)C1(C#N)CCCCC1. The standard InChI is InChI=1S/C13H23NO/c1-4-13(15,11(2)3)12(10-14)8-6-5-7-9-12/h11,15H,4-9H2,1-3H3. The van der Waals surface area contributed by atoms with Crippen LogP contribution >= 0.6 is 0 Å². The maximum Gasteiger partial charge on any atom is 0.0862 e. The Morgan fingerprint density at radius 3 is 2.20 bits per heavy atom. The van der Waals surface area contributed by atoms with Crippen LogP contribution in [0.1, 0.15) is 59.3 Å². The summed E-state index contributed by atoms with van der Waals surface area (Å²) in [6.45, 7) is 6.04. The lowest BCUT2D eigenvalue weighted by Gasteiger charge is -2.47. The van der Waals surface area contributed by atoms with E-state index in [9.17, 15) is 10.4 Å². The van der Waals surface area contributed by atoms with Crippen LogP contribution in [0.2, 0.25) is 0 Å². The van der Waals surface area contributed by atoms with E-state index in [0.717, 1.165) is 25.7 Å². The summed E-state index contributed by atoms with van der Waals surface area (Å²) in [6.07, 6.45) is 5.79. The minimum atomic E-state index is -0.803. The van der Waals surface area contributed by atoms with Gasteiger partial charge in [-0.1, -0.05) is 40.0 Å². The molecule has 2 nitrogen and oxygen atoms in total.